The number of hydrogen-bond acceptors (Lipinski definition) is 5. The molecule has 2 N–H and O–H groups in total. The van der Waals surface area contributed by atoms with Crippen LogP contribution >= 0.6 is 0 Å². The maximum Gasteiger partial charge on any atom is 0.331 e. The summed E-state index contributed by atoms with van der Waals surface area (Å²) < 4.78 is 4.79. The number of likely N-dealkylation sites (tertiary alicyclic amines) is 1. The number of hydrogen-bond donors (Lipinski definition) is 2. The van der Waals surface area contributed by atoms with E-state index < -0.39 is 29.6 Å². The summed E-state index contributed by atoms with van der Waals surface area (Å²) >= 11 is 0. The Morgan fingerprint density at radius 1 is 1.35 bits per heavy atom. The van der Waals surface area contributed by atoms with Gasteiger partial charge in [-0.1, -0.05) is 40.0 Å². The van der Waals surface area contributed by atoms with Crippen LogP contribution in [0.2, 0.25) is 0 Å². The topological polar surface area (TPSA) is 87.1 Å². The summed E-state index contributed by atoms with van der Waals surface area (Å²) in [5.74, 6) is -2.23. The first kappa shape index (κ1) is 19.9. The number of unbranched alkanes of at least 4 members (excludes halogenated alkanes) is 3. The average Bonchev–Trinajstić information content (AvgIpc) is 2.68. The highest BCUT2D eigenvalue weighted by molar-refractivity contribution is 5.92. The summed E-state index contributed by atoms with van der Waals surface area (Å²) in [6.45, 7) is 7.49. The van der Waals surface area contributed by atoms with Crippen molar-refractivity contribution in [2.24, 2.45) is 11.8 Å². The number of rotatable bonds is 8. The Morgan fingerprint density at radius 2 is 1.96 bits per heavy atom. The quantitative estimate of drug-likeness (QED) is 0.518. The predicted molar refractivity (Wildman–Crippen MR) is 86.6 cm³/mol. The minimum atomic E-state index is -1.65. The van der Waals surface area contributed by atoms with Crippen LogP contribution in [0.25, 0.3) is 0 Å². The Bertz CT molecular complexity index is 421. The molecule has 1 saturated heterocycles. The lowest BCUT2D eigenvalue weighted by atomic mass is 9.79. The van der Waals surface area contributed by atoms with Crippen LogP contribution in [0.1, 0.15) is 53.4 Å². The lowest BCUT2D eigenvalue weighted by molar-refractivity contribution is -0.155. The van der Waals surface area contributed by atoms with Gasteiger partial charge in [-0.15, -0.1) is 0 Å². The van der Waals surface area contributed by atoms with Crippen LogP contribution in [-0.2, 0) is 14.3 Å². The molecule has 0 radical (unpaired) electrons. The third kappa shape index (κ3) is 4.04. The SMILES string of the molecule is CCCCCCN1C(=O)[C@H]([C@@H](O)C(C)C)[C@](C)(O)[C@@H]1C(=O)OC. The third-order valence-electron chi connectivity index (χ3n) is 4.75. The normalized spacial score (nSPS) is 29.2. The standard InChI is InChI=1S/C17H31NO5/c1-6-7-8-9-10-18-14(16(21)23-5)17(4,22)12(15(18)20)13(19)11(2)3/h11-14,19,22H,6-10H2,1-5H3/t12-,13-,14-,17-/m0/s1. The number of carbonyl (C=O) groups excluding carboxylic acids is 2. The molecule has 134 valence electrons. The van der Waals surface area contributed by atoms with E-state index in [1.54, 1.807) is 13.8 Å². The van der Waals surface area contributed by atoms with Gasteiger partial charge in [-0.05, 0) is 19.3 Å². The van der Waals surface area contributed by atoms with Crippen LogP contribution < -0.4 is 0 Å². The van der Waals surface area contributed by atoms with E-state index in [0.717, 1.165) is 25.7 Å². The molecule has 0 spiro atoms. The number of aliphatic hydroxyl groups excluding tert-OH is 1. The van der Waals surface area contributed by atoms with E-state index in [9.17, 15) is 19.8 Å². The Morgan fingerprint density at radius 3 is 2.43 bits per heavy atom. The van der Waals surface area contributed by atoms with Crippen LogP contribution in [-0.4, -0.2) is 58.4 Å². The van der Waals surface area contributed by atoms with Crippen molar-refractivity contribution in [1.82, 2.24) is 4.90 Å². The van der Waals surface area contributed by atoms with Gasteiger partial charge in [0, 0.05) is 6.54 Å². The van der Waals surface area contributed by atoms with Crippen molar-refractivity contribution in [3.05, 3.63) is 0 Å². The van der Waals surface area contributed by atoms with E-state index in [0.29, 0.717) is 6.54 Å². The van der Waals surface area contributed by atoms with Gasteiger partial charge in [0.15, 0.2) is 6.04 Å². The van der Waals surface area contributed by atoms with Crippen molar-refractivity contribution < 1.29 is 24.5 Å². The summed E-state index contributed by atoms with van der Waals surface area (Å²) in [4.78, 5) is 26.3. The van der Waals surface area contributed by atoms with Gasteiger partial charge in [-0.25, -0.2) is 4.79 Å². The molecule has 6 nitrogen and oxygen atoms in total. The molecular weight excluding hydrogens is 298 g/mol. The molecule has 1 aliphatic rings. The molecule has 0 saturated carbocycles. The lowest BCUT2D eigenvalue weighted by Gasteiger charge is -2.32. The van der Waals surface area contributed by atoms with Crippen LogP contribution in [0.15, 0.2) is 0 Å². The van der Waals surface area contributed by atoms with Crippen molar-refractivity contribution in [2.75, 3.05) is 13.7 Å². The van der Waals surface area contributed by atoms with Gasteiger partial charge in [0.05, 0.1) is 19.1 Å². The van der Waals surface area contributed by atoms with Gasteiger partial charge in [-0.3, -0.25) is 4.79 Å². The van der Waals surface area contributed by atoms with E-state index in [4.69, 9.17) is 4.74 Å². The van der Waals surface area contributed by atoms with E-state index in [-0.39, 0.29) is 11.8 Å². The fourth-order valence-corrected chi connectivity index (χ4v) is 3.34. The zero-order chi connectivity index (χ0) is 17.8. The van der Waals surface area contributed by atoms with Crippen LogP contribution in [0.3, 0.4) is 0 Å². The Balaban J connectivity index is 3.05. The Hall–Kier alpha value is -1.14. The number of amides is 1. The first-order valence-corrected chi connectivity index (χ1v) is 8.48. The molecule has 23 heavy (non-hydrogen) atoms. The number of carbonyl (C=O) groups is 2. The zero-order valence-electron chi connectivity index (χ0n) is 14.9. The summed E-state index contributed by atoms with van der Waals surface area (Å²) in [6.07, 6.45) is 2.83. The zero-order valence-corrected chi connectivity index (χ0v) is 14.9. The van der Waals surface area contributed by atoms with E-state index in [1.807, 2.05) is 0 Å². The maximum absolute atomic E-state index is 12.8. The summed E-state index contributed by atoms with van der Waals surface area (Å²) in [5, 5.41) is 21.2. The van der Waals surface area contributed by atoms with Gasteiger partial charge in [-0.2, -0.15) is 0 Å². The van der Waals surface area contributed by atoms with Gasteiger partial charge in [0.2, 0.25) is 5.91 Å². The third-order valence-corrected chi connectivity index (χ3v) is 4.75. The first-order valence-electron chi connectivity index (χ1n) is 8.48. The molecule has 0 aromatic rings. The van der Waals surface area contributed by atoms with Crippen molar-refractivity contribution in [3.63, 3.8) is 0 Å². The number of nitrogens with zero attached hydrogens (tertiary/aromatic N) is 1. The smallest absolute Gasteiger partial charge is 0.331 e. The van der Waals surface area contributed by atoms with Crippen molar-refractivity contribution >= 4 is 11.9 Å². The summed E-state index contributed by atoms with van der Waals surface area (Å²) in [5.41, 5.74) is -1.65. The summed E-state index contributed by atoms with van der Waals surface area (Å²) in [7, 11) is 1.24. The van der Waals surface area contributed by atoms with Crippen LogP contribution in [0, 0.1) is 11.8 Å². The fourth-order valence-electron chi connectivity index (χ4n) is 3.34. The largest absolute Gasteiger partial charge is 0.467 e. The highest BCUT2D eigenvalue weighted by Crippen LogP contribution is 2.39. The Labute approximate surface area is 138 Å². The lowest BCUT2D eigenvalue weighted by Crippen LogP contribution is -2.52. The van der Waals surface area contributed by atoms with Crippen LogP contribution in [0.4, 0.5) is 0 Å². The highest BCUT2D eigenvalue weighted by atomic mass is 16.5. The number of esters is 1. The minimum absolute atomic E-state index is 0.200. The molecule has 4 atom stereocenters. The highest BCUT2D eigenvalue weighted by Gasteiger charge is 2.61. The number of ether oxygens (including phenoxy) is 1. The monoisotopic (exact) mass is 329 g/mol. The van der Waals surface area contributed by atoms with Crippen LogP contribution in [0.5, 0.6) is 0 Å². The molecule has 0 unspecified atom stereocenters. The molecule has 1 aliphatic heterocycles. The molecule has 1 heterocycles. The average molecular weight is 329 g/mol. The van der Waals surface area contributed by atoms with Crippen molar-refractivity contribution in [1.29, 1.82) is 0 Å². The fraction of sp³-hybridized carbons (Fsp3) is 0.882. The molecule has 0 aromatic heterocycles. The van der Waals surface area contributed by atoms with Gasteiger partial charge in [0.25, 0.3) is 0 Å². The second-order valence-electron chi connectivity index (χ2n) is 6.96. The molecule has 1 rings (SSSR count). The van der Waals surface area contributed by atoms with E-state index in [2.05, 4.69) is 6.92 Å². The number of methoxy groups -OCH3 is 1. The molecule has 6 heteroatoms. The number of aliphatic hydroxyl groups is 2. The Kier molecular flexibility index (Phi) is 7.02. The molecule has 0 bridgehead atoms. The van der Waals surface area contributed by atoms with Crippen molar-refractivity contribution in [3.8, 4) is 0 Å². The van der Waals surface area contributed by atoms with E-state index >= 15 is 0 Å². The molecule has 0 aromatic carbocycles. The second kappa shape index (κ2) is 8.11. The second-order valence-corrected chi connectivity index (χ2v) is 6.96. The van der Waals surface area contributed by atoms with Gasteiger partial charge < -0.3 is 19.8 Å². The van der Waals surface area contributed by atoms with E-state index in [1.165, 1.54) is 18.9 Å². The van der Waals surface area contributed by atoms with Crippen molar-refractivity contribution in [2.45, 2.75) is 71.1 Å². The van der Waals surface area contributed by atoms with Gasteiger partial charge in [0.1, 0.15) is 5.60 Å². The minimum Gasteiger partial charge on any atom is -0.467 e. The van der Waals surface area contributed by atoms with Gasteiger partial charge >= 0.3 is 5.97 Å². The molecule has 1 amide bonds. The summed E-state index contributed by atoms with van der Waals surface area (Å²) in [6, 6.07) is -1.07. The predicted octanol–water partition coefficient (Wildman–Crippen LogP) is 1.33. The molecular formula is C17H31NO5. The molecule has 0 aliphatic carbocycles. The first-order chi connectivity index (χ1) is 10.7. The molecule has 1 fully saturated rings. The maximum atomic E-state index is 12.8.